The number of hydrogen-bond acceptors (Lipinski definition) is 8. The van der Waals surface area contributed by atoms with E-state index < -0.39 is 0 Å². The molecule has 3 rings (SSSR count). The highest BCUT2D eigenvalue weighted by Crippen LogP contribution is 2.26. The van der Waals surface area contributed by atoms with Gasteiger partial charge in [-0.2, -0.15) is 0 Å². The molecule has 0 aliphatic rings. The van der Waals surface area contributed by atoms with Crippen molar-refractivity contribution in [3.63, 3.8) is 0 Å². The first-order valence-corrected chi connectivity index (χ1v) is 10.0. The van der Waals surface area contributed by atoms with Crippen molar-refractivity contribution in [2.24, 2.45) is 0 Å². The molecular formula is C18H18N4O4S2. The molecule has 0 aliphatic carbocycles. The number of aromatic nitrogens is 2. The maximum Gasteiger partial charge on any atom is 0.261 e. The number of carbonyl (C=O) groups is 2. The van der Waals surface area contributed by atoms with Gasteiger partial charge in [0.05, 0.1) is 18.4 Å². The Balaban J connectivity index is 1.50. The van der Waals surface area contributed by atoms with E-state index in [0.717, 1.165) is 5.75 Å². The van der Waals surface area contributed by atoms with Crippen LogP contribution in [0.5, 0.6) is 5.75 Å². The zero-order valence-corrected chi connectivity index (χ0v) is 17.1. The fourth-order valence-corrected chi connectivity index (χ4v) is 3.89. The van der Waals surface area contributed by atoms with E-state index in [-0.39, 0.29) is 17.6 Å². The molecule has 0 saturated carbocycles. The number of nitrogens with one attached hydrogen (secondary N) is 2. The smallest absolute Gasteiger partial charge is 0.261 e. The van der Waals surface area contributed by atoms with E-state index in [1.54, 1.807) is 51.3 Å². The summed E-state index contributed by atoms with van der Waals surface area (Å²) >= 11 is 2.45. The summed E-state index contributed by atoms with van der Waals surface area (Å²) in [4.78, 5) is 24.3. The monoisotopic (exact) mass is 418 g/mol. The van der Waals surface area contributed by atoms with Crippen LogP contribution < -0.4 is 15.4 Å². The first-order chi connectivity index (χ1) is 13.4. The molecule has 10 heteroatoms. The Hall–Kier alpha value is -2.85. The average molecular weight is 419 g/mol. The normalized spacial score (nSPS) is 10.5. The molecule has 0 fully saturated rings. The average Bonchev–Trinajstić information content (AvgIpc) is 3.26. The Morgan fingerprint density at radius 1 is 1.18 bits per heavy atom. The van der Waals surface area contributed by atoms with Gasteiger partial charge < -0.3 is 14.5 Å². The van der Waals surface area contributed by atoms with E-state index in [4.69, 9.17) is 9.15 Å². The molecular weight excluding hydrogens is 400 g/mol. The van der Waals surface area contributed by atoms with Crippen LogP contribution >= 0.6 is 23.1 Å². The highest BCUT2D eigenvalue weighted by atomic mass is 32.2. The van der Waals surface area contributed by atoms with Gasteiger partial charge in [0, 0.05) is 5.69 Å². The summed E-state index contributed by atoms with van der Waals surface area (Å²) in [7, 11) is 1.58. The number of nitrogens with zero attached hydrogens (tertiary/aromatic N) is 2. The SMILES string of the molecule is COc1ccc(NC(=O)CSc2nnc(NC(=O)c3cc(C)oc3C)s2)cc1. The molecule has 3 aromatic rings. The van der Waals surface area contributed by atoms with Crippen molar-refractivity contribution >= 4 is 45.7 Å². The molecule has 28 heavy (non-hydrogen) atoms. The summed E-state index contributed by atoms with van der Waals surface area (Å²) in [6.45, 7) is 3.51. The van der Waals surface area contributed by atoms with Crippen molar-refractivity contribution in [1.29, 1.82) is 0 Å². The second-order valence-electron chi connectivity index (χ2n) is 5.72. The van der Waals surface area contributed by atoms with Crippen molar-refractivity contribution in [2.45, 2.75) is 18.2 Å². The Kier molecular flexibility index (Phi) is 6.32. The summed E-state index contributed by atoms with van der Waals surface area (Å²) < 4.78 is 11.0. The summed E-state index contributed by atoms with van der Waals surface area (Å²) in [5.74, 6) is 1.63. The molecule has 2 N–H and O–H groups in total. The predicted molar refractivity (Wildman–Crippen MR) is 108 cm³/mol. The van der Waals surface area contributed by atoms with Crippen LogP contribution in [0.3, 0.4) is 0 Å². The molecule has 8 nitrogen and oxygen atoms in total. The third-order valence-corrected chi connectivity index (χ3v) is 5.59. The zero-order chi connectivity index (χ0) is 20.1. The Bertz CT molecular complexity index is 982. The van der Waals surface area contributed by atoms with Gasteiger partial charge in [0.25, 0.3) is 5.91 Å². The first kappa shape index (κ1) is 19.9. The first-order valence-electron chi connectivity index (χ1n) is 8.23. The van der Waals surface area contributed by atoms with Crippen molar-refractivity contribution in [1.82, 2.24) is 10.2 Å². The van der Waals surface area contributed by atoms with Crippen LogP contribution in [0.1, 0.15) is 21.9 Å². The van der Waals surface area contributed by atoms with E-state index in [1.807, 2.05) is 0 Å². The lowest BCUT2D eigenvalue weighted by atomic mass is 10.2. The lowest BCUT2D eigenvalue weighted by Crippen LogP contribution is -2.13. The van der Waals surface area contributed by atoms with Gasteiger partial charge in [-0.15, -0.1) is 10.2 Å². The van der Waals surface area contributed by atoms with Crippen molar-refractivity contribution in [3.8, 4) is 5.75 Å². The predicted octanol–water partition coefficient (Wildman–Crippen LogP) is 3.74. The summed E-state index contributed by atoms with van der Waals surface area (Å²) in [5, 5.41) is 13.8. The summed E-state index contributed by atoms with van der Waals surface area (Å²) in [5.41, 5.74) is 1.14. The number of hydrogen-bond donors (Lipinski definition) is 2. The van der Waals surface area contributed by atoms with Gasteiger partial charge >= 0.3 is 0 Å². The number of ether oxygens (including phenoxy) is 1. The lowest BCUT2D eigenvalue weighted by Gasteiger charge is -2.05. The number of benzene rings is 1. The van der Waals surface area contributed by atoms with Crippen molar-refractivity contribution < 1.29 is 18.7 Å². The quantitative estimate of drug-likeness (QED) is 0.445. The molecule has 0 unspecified atom stereocenters. The standard InChI is InChI=1S/C18H18N4O4S2/c1-10-8-14(11(2)26-10)16(24)20-17-21-22-18(28-17)27-9-15(23)19-12-4-6-13(25-3)7-5-12/h4-8H,9H2,1-3H3,(H,19,23)(H,20,21,24). The fourth-order valence-electron chi connectivity index (χ4n) is 2.34. The third-order valence-electron chi connectivity index (χ3n) is 3.61. The van der Waals surface area contributed by atoms with Gasteiger partial charge in [-0.1, -0.05) is 23.1 Å². The van der Waals surface area contributed by atoms with E-state index in [2.05, 4.69) is 20.8 Å². The maximum atomic E-state index is 12.3. The molecule has 0 bridgehead atoms. The molecule has 0 radical (unpaired) electrons. The molecule has 2 heterocycles. The van der Waals surface area contributed by atoms with Gasteiger partial charge in [-0.25, -0.2) is 0 Å². The van der Waals surface area contributed by atoms with Crippen molar-refractivity contribution in [2.75, 3.05) is 23.5 Å². The summed E-state index contributed by atoms with van der Waals surface area (Å²) in [6.07, 6.45) is 0. The molecule has 2 aromatic heterocycles. The Morgan fingerprint density at radius 2 is 1.93 bits per heavy atom. The number of carbonyl (C=O) groups excluding carboxylic acids is 2. The highest BCUT2D eigenvalue weighted by Gasteiger charge is 2.16. The topological polar surface area (TPSA) is 106 Å². The summed E-state index contributed by atoms with van der Waals surface area (Å²) in [6, 6.07) is 8.74. The van der Waals surface area contributed by atoms with E-state index in [9.17, 15) is 9.59 Å². The lowest BCUT2D eigenvalue weighted by molar-refractivity contribution is -0.113. The minimum Gasteiger partial charge on any atom is -0.497 e. The number of anilines is 2. The van der Waals surface area contributed by atoms with E-state index in [0.29, 0.717) is 32.2 Å². The van der Waals surface area contributed by atoms with Gasteiger partial charge in [0.1, 0.15) is 17.3 Å². The second-order valence-corrected chi connectivity index (χ2v) is 7.92. The number of amides is 2. The highest BCUT2D eigenvalue weighted by molar-refractivity contribution is 8.01. The third kappa shape index (κ3) is 5.11. The van der Waals surface area contributed by atoms with Gasteiger partial charge in [0.2, 0.25) is 11.0 Å². The minimum atomic E-state index is -0.306. The molecule has 1 aromatic carbocycles. The van der Waals surface area contributed by atoms with Crippen LogP contribution in [0.25, 0.3) is 0 Å². The van der Waals surface area contributed by atoms with E-state index in [1.165, 1.54) is 23.1 Å². The Labute approximate surface area is 169 Å². The molecule has 2 amide bonds. The largest absolute Gasteiger partial charge is 0.497 e. The molecule has 0 spiro atoms. The van der Waals surface area contributed by atoms with Gasteiger partial charge in [-0.3, -0.25) is 14.9 Å². The van der Waals surface area contributed by atoms with Crippen LogP contribution in [-0.2, 0) is 4.79 Å². The molecule has 0 aliphatic heterocycles. The molecule has 0 atom stereocenters. The zero-order valence-electron chi connectivity index (χ0n) is 15.4. The van der Waals surface area contributed by atoms with Gasteiger partial charge in [-0.05, 0) is 44.2 Å². The van der Waals surface area contributed by atoms with Gasteiger partial charge in [0.15, 0.2) is 4.34 Å². The Morgan fingerprint density at radius 3 is 2.57 bits per heavy atom. The van der Waals surface area contributed by atoms with Crippen LogP contribution in [0.2, 0.25) is 0 Å². The number of methoxy groups -OCH3 is 1. The van der Waals surface area contributed by atoms with Crippen LogP contribution in [0.4, 0.5) is 10.8 Å². The number of aryl methyl sites for hydroxylation is 2. The number of rotatable bonds is 7. The van der Waals surface area contributed by atoms with Crippen LogP contribution in [0.15, 0.2) is 39.1 Å². The minimum absolute atomic E-state index is 0.166. The van der Waals surface area contributed by atoms with Crippen LogP contribution in [0, 0.1) is 13.8 Å². The van der Waals surface area contributed by atoms with Crippen molar-refractivity contribution in [3.05, 3.63) is 47.4 Å². The second kappa shape index (κ2) is 8.89. The fraction of sp³-hybridized carbons (Fsp3) is 0.222. The maximum absolute atomic E-state index is 12.3. The number of furan rings is 1. The molecule has 146 valence electrons. The van der Waals surface area contributed by atoms with E-state index >= 15 is 0 Å². The van der Waals surface area contributed by atoms with Crippen LogP contribution in [-0.4, -0.2) is 34.9 Å². The number of thioether (sulfide) groups is 1. The molecule has 0 saturated heterocycles.